The average molecular weight is 308 g/mol. The average Bonchev–Trinajstić information content (AvgIpc) is 2.83. The number of amides is 2. The van der Waals surface area contributed by atoms with Crippen LogP contribution in [-0.4, -0.2) is 29.3 Å². The Morgan fingerprint density at radius 2 is 2.10 bits per heavy atom. The molecule has 0 aliphatic carbocycles. The lowest BCUT2D eigenvalue weighted by Gasteiger charge is -2.31. The number of rotatable bonds is 4. The Morgan fingerprint density at radius 3 is 2.67 bits per heavy atom. The van der Waals surface area contributed by atoms with E-state index < -0.39 is 6.04 Å². The number of carbonyl (C=O) groups is 2. The van der Waals surface area contributed by atoms with Crippen LogP contribution in [0.2, 0.25) is 0 Å². The second kappa shape index (κ2) is 6.60. The minimum atomic E-state index is -0.395. The molecule has 0 saturated carbocycles. The zero-order valence-corrected chi connectivity index (χ0v) is 14.0. The predicted molar refractivity (Wildman–Crippen MR) is 85.2 cm³/mol. The molecule has 116 valence electrons. The van der Waals surface area contributed by atoms with Crippen LogP contribution in [0.4, 0.5) is 0 Å². The highest BCUT2D eigenvalue weighted by Gasteiger charge is 2.35. The largest absolute Gasteiger partial charge is 0.344 e. The third-order valence-electron chi connectivity index (χ3n) is 4.30. The number of hydrogen-bond donors (Lipinski definition) is 1. The van der Waals surface area contributed by atoms with Crippen molar-refractivity contribution in [2.45, 2.75) is 52.6 Å². The lowest BCUT2D eigenvalue weighted by molar-refractivity contribution is -0.136. The predicted octanol–water partition coefficient (Wildman–Crippen LogP) is 2.88. The van der Waals surface area contributed by atoms with Crippen molar-refractivity contribution >= 4 is 23.2 Å². The van der Waals surface area contributed by atoms with Gasteiger partial charge in [-0.25, -0.2) is 0 Å². The molecule has 1 fully saturated rings. The summed E-state index contributed by atoms with van der Waals surface area (Å²) in [4.78, 5) is 29.0. The molecule has 1 saturated heterocycles. The van der Waals surface area contributed by atoms with Crippen LogP contribution in [0.3, 0.4) is 0 Å². The Balaban J connectivity index is 2.24. The molecule has 1 aliphatic rings. The fourth-order valence-electron chi connectivity index (χ4n) is 2.66. The molecular weight excluding hydrogens is 284 g/mol. The van der Waals surface area contributed by atoms with E-state index in [2.05, 4.69) is 24.4 Å². The standard InChI is InChI=1S/C16H24N2O2S/c1-5-10(2)15-16(20)18(9-8-14(19)17-15)12(4)13-7-6-11(3)21-13/h6-7,10,12,15H,5,8-9H2,1-4H3,(H,17,19). The molecule has 2 rings (SSSR count). The van der Waals surface area contributed by atoms with Gasteiger partial charge in [-0.05, 0) is 31.9 Å². The van der Waals surface area contributed by atoms with Crippen LogP contribution in [0, 0.1) is 12.8 Å². The van der Waals surface area contributed by atoms with Gasteiger partial charge in [-0.2, -0.15) is 0 Å². The van der Waals surface area contributed by atoms with Gasteiger partial charge in [0.25, 0.3) is 0 Å². The van der Waals surface area contributed by atoms with Crippen LogP contribution in [0.15, 0.2) is 12.1 Å². The number of nitrogens with zero attached hydrogens (tertiary/aromatic N) is 1. The normalized spacial score (nSPS) is 22.7. The van der Waals surface area contributed by atoms with Crippen molar-refractivity contribution in [3.8, 4) is 0 Å². The van der Waals surface area contributed by atoms with Crippen LogP contribution < -0.4 is 5.32 Å². The van der Waals surface area contributed by atoms with E-state index >= 15 is 0 Å². The summed E-state index contributed by atoms with van der Waals surface area (Å²) in [5.41, 5.74) is 0. The van der Waals surface area contributed by atoms with Gasteiger partial charge in [-0.3, -0.25) is 9.59 Å². The summed E-state index contributed by atoms with van der Waals surface area (Å²) in [6.07, 6.45) is 1.25. The highest BCUT2D eigenvalue weighted by molar-refractivity contribution is 7.12. The van der Waals surface area contributed by atoms with Gasteiger partial charge in [0.05, 0.1) is 6.04 Å². The number of thiophene rings is 1. The molecule has 0 spiro atoms. The maximum Gasteiger partial charge on any atom is 0.245 e. The van der Waals surface area contributed by atoms with E-state index in [-0.39, 0.29) is 23.8 Å². The molecule has 1 N–H and O–H groups in total. The lowest BCUT2D eigenvalue weighted by atomic mass is 9.97. The van der Waals surface area contributed by atoms with Crippen LogP contribution in [-0.2, 0) is 9.59 Å². The van der Waals surface area contributed by atoms with Gasteiger partial charge in [-0.15, -0.1) is 11.3 Å². The first-order chi connectivity index (χ1) is 9.93. The van der Waals surface area contributed by atoms with Gasteiger partial charge in [0.2, 0.25) is 11.8 Å². The first-order valence-corrected chi connectivity index (χ1v) is 8.41. The van der Waals surface area contributed by atoms with E-state index in [0.29, 0.717) is 13.0 Å². The Morgan fingerprint density at radius 1 is 1.38 bits per heavy atom. The molecule has 1 aromatic heterocycles. The molecule has 0 radical (unpaired) electrons. The Labute approximate surface area is 130 Å². The zero-order valence-electron chi connectivity index (χ0n) is 13.2. The number of carbonyl (C=O) groups excluding carboxylic acids is 2. The van der Waals surface area contributed by atoms with Crippen molar-refractivity contribution in [2.75, 3.05) is 6.54 Å². The molecule has 21 heavy (non-hydrogen) atoms. The molecule has 0 aromatic carbocycles. The summed E-state index contributed by atoms with van der Waals surface area (Å²) in [5, 5.41) is 2.89. The summed E-state index contributed by atoms with van der Waals surface area (Å²) in [7, 11) is 0. The third-order valence-corrected chi connectivity index (χ3v) is 5.47. The van der Waals surface area contributed by atoms with Crippen LogP contribution in [0.5, 0.6) is 0 Å². The topological polar surface area (TPSA) is 49.4 Å². The van der Waals surface area contributed by atoms with E-state index in [4.69, 9.17) is 0 Å². The number of aryl methyl sites for hydroxylation is 1. The summed E-state index contributed by atoms with van der Waals surface area (Å²) in [6, 6.07) is 3.79. The second-order valence-corrected chi connectivity index (χ2v) is 7.16. The van der Waals surface area contributed by atoms with Crippen molar-refractivity contribution < 1.29 is 9.59 Å². The van der Waals surface area contributed by atoms with Crippen molar-refractivity contribution in [2.24, 2.45) is 5.92 Å². The Hall–Kier alpha value is -1.36. The van der Waals surface area contributed by atoms with E-state index in [1.807, 2.05) is 25.7 Å². The first-order valence-electron chi connectivity index (χ1n) is 7.60. The second-order valence-electron chi connectivity index (χ2n) is 5.84. The van der Waals surface area contributed by atoms with Gasteiger partial charge in [-0.1, -0.05) is 20.3 Å². The SMILES string of the molecule is CCC(C)C1NC(=O)CCN(C(C)c2ccc(C)s2)C1=O. The summed E-state index contributed by atoms with van der Waals surface area (Å²) >= 11 is 1.72. The molecule has 0 bridgehead atoms. The van der Waals surface area contributed by atoms with E-state index in [1.54, 1.807) is 11.3 Å². The van der Waals surface area contributed by atoms with E-state index in [1.165, 1.54) is 9.75 Å². The smallest absolute Gasteiger partial charge is 0.245 e. The van der Waals surface area contributed by atoms with Gasteiger partial charge in [0.1, 0.15) is 6.04 Å². The monoisotopic (exact) mass is 308 g/mol. The molecule has 5 heteroatoms. The minimum absolute atomic E-state index is 0.0225. The third kappa shape index (κ3) is 3.46. The van der Waals surface area contributed by atoms with Crippen molar-refractivity contribution in [3.05, 3.63) is 21.9 Å². The van der Waals surface area contributed by atoms with Crippen LogP contribution in [0.1, 0.15) is 49.4 Å². The Kier molecular flexibility index (Phi) is 5.04. The van der Waals surface area contributed by atoms with Crippen LogP contribution >= 0.6 is 11.3 Å². The fourth-order valence-corrected chi connectivity index (χ4v) is 3.60. The lowest BCUT2D eigenvalue weighted by Crippen LogP contribution is -2.48. The molecule has 2 heterocycles. The number of hydrogen-bond acceptors (Lipinski definition) is 3. The number of nitrogens with one attached hydrogen (secondary N) is 1. The van der Waals surface area contributed by atoms with Gasteiger partial charge in [0.15, 0.2) is 0 Å². The molecule has 2 amide bonds. The zero-order chi connectivity index (χ0) is 15.6. The molecule has 1 aliphatic heterocycles. The highest BCUT2D eigenvalue weighted by Crippen LogP contribution is 2.29. The van der Waals surface area contributed by atoms with E-state index in [9.17, 15) is 9.59 Å². The molecule has 1 aromatic rings. The van der Waals surface area contributed by atoms with Crippen molar-refractivity contribution in [1.82, 2.24) is 10.2 Å². The molecule has 3 atom stereocenters. The van der Waals surface area contributed by atoms with Crippen LogP contribution in [0.25, 0.3) is 0 Å². The summed E-state index contributed by atoms with van der Waals surface area (Å²) < 4.78 is 0. The van der Waals surface area contributed by atoms with E-state index in [0.717, 1.165) is 6.42 Å². The summed E-state index contributed by atoms with van der Waals surface area (Å²) in [6.45, 7) is 8.68. The van der Waals surface area contributed by atoms with Gasteiger partial charge >= 0.3 is 0 Å². The van der Waals surface area contributed by atoms with Gasteiger partial charge < -0.3 is 10.2 Å². The Bertz CT molecular complexity index is 526. The maximum atomic E-state index is 12.8. The minimum Gasteiger partial charge on any atom is -0.344 e. The molecule has 3 unspecified atom stereocenters. The quantitative estimate of drug-likeness (QED) is 0.930. The maximum absolute atomic E-state index is 12.8. The fraction of sp³-hybridized carbons (Fsp3) is 0.625. The van der Waals surface area contributed by atoms with Crippen molar-refractivity contribution in [1.29, 1.82) is 0 Å². The molecule has 4 nitrogen and oxygen atoms in total. The highest BCUT2D eigenvalue weighted by atomic mass is 32.1. The first kappa shape index (κ1) is 16.0. The summed E-state index contributed by atoms with van der Waals surface area (Å²) in [5.74, 6) is 0.179. The van der Waals surface area contributed by atoms with Crippen molar-refractivity contribution in [3.63, 3.8) is 0 Å². The molecular formula is C16H24N2O2S. The van der Waals surface area contributed by atoms with Gasteiger partial charge in [0, 0.05) is 22.7 Å².